The van der Waals surface area contributed by atoms with Gasteiger partial charge in [-0.2, -0.15) is 8.78 Å². The molecule has 5 nitrogen and oxygen atoms in total. The number of urea groups is 1. The maximum Gasteiger partial charge on any atom is 0.388 e. The predicted molar refractivity (Wildman–Crippen MR) is 88.4 cm³/mol. The molecule has 132 valence electrons. The first-order valence-electron chi connectivity index (χ1n) is 7.97. The summed E-state index contributed by atoms with van der Waals surface area (Å²) in [5.41, 5.74) is 1.56. The Morgan fingerprint density at radius 3 is 2.84 bits per heavy atom. The van der Waals surface area contributed by atoms with Gasteiger partial charge in [-0.15, -0.1) is 0 Å². The molecule has 2 amide bonds. The number of ether oxygens (including phenoxy) is 1. The number of carbonyl (C=O) groups excluding carboxylic acids is 1. The molecule has 2 unspecified atom stereocenters. The first kappa shape index (κ1) is 17.1. The second-order valence-electron chi connectivity index (χ2n) is 6.27. The molecule has 7 heteroatoms. The Labute approximate surface area is 144 Å². The van der Waals surface area contributed by atoms with E-state index in [0.717, 1.165) is 6.42 Å². The van der Waals surface area contributed by atoms with Gasteiger partial charge in [0.2, 0.25) is 5.88 Å². The average Bonchev–Trinajstić information content (AvgIpc) is 3.24. The molecule has 3 rings (SSSR count). The van der Waals surface area contributed by atoms with Gasteiger partial charge in [-0.05, 0) is 30.5 Å². The molecule has 1 aliphatic rings. The topological polar surface area (TPSA) is 63.2 Å². The van der Waals surface area contributed by atoms with Crippen molar-refractivity contribution in [3.8, 4) is 5.88 Å². The third-order valence-corrected chi connectivity index (χ3v) is 4.30. The Kier molecular flexibility index (Phi) is 4.83. The Morgan fingerprint density at radius 2 is 2.12 bits per heavy atom. The van der Waals surface area contributed by atoms with Crippen LogP contribution in [0.3, 0.4) is 0 Å². The first-order chi connectivity index (χ1) is 12.0. The van der Waals surface area contributed by atoms with Crippen molar-refractivity contribution in [2.75, 3.05) is 0 Å². The monoisotopic (exact) mass is 347 g/mol. The van der Waals surface area contributed by atoms with E-state index < -0.39 is 6.61 Å². The van der Waals surface area contributed by atoms with Gasteiger partial charge in [0.15, 0.2) is 0 Å². The largest absolute Gasteiger partial charge is 0.417 e. The standard InChI is InChI=1S/C18H19F2N3O2/c1-18(10-14(18)13-5-3-2-4-6-13)23-17(24)22-11-12-7-8-21-15(9-12)25-16(19)20/h2-9,14,16H,10-11H2,1H3,(H2,22,23,24). The molecule has 1 aliphatic carbocycles. The van der Waals surface area contributed by atoms with Crippen molar-refractivity contribution in [2.45, 2.75) is 38.0 Å². The molecule has 2 N–H and O–H groups in total. The van der Waals surface area contributed by atoms with Crippen LogP contribution in [-0.4, -0.2) is 23.2 Å². The Bertz CT molecular complexity index is 742. The lowest BCUT2D eigenvalue weighted by molar-refractivity contribution is -0.0529. The molecule has 1 aromatic heterocycles. The zero-order valence-corrected chi connectivity index (χ0v) is 13.7. The van der Waals surface area contributed by atoms with Gasteiger partial charge in [-0.3, -0.25) is 0 Å². The number of rotatable bonds is 6. The summed E-state index contributed by atoms with van der Waals surface area (Å²) in [6.07, 6.45) is 2.24. The number of hydrogen-bond donors (Lipinski definition) is 2. The number of nitrogens with zero attached hydrogens (tertiary/aromatic N) is 1. The summed E-state index contributed by atoms with van der Waals surface area (Å²) in [4.78, 5) is 15.8. The number of amides is 2. The molecular weight excluding hydrogens is 328 g/mol. The van der Waals surface area contributed by atoms with Crippen molar-refractivity contribution in [2.24, 2.45) is 0 Å². The SMILES string of the molecule is CC1(NC(=O)NCc2ccnc(OC(F)F)c2)CC1c1ccccc1. The number of hydrogen-bond acceptors (Lipinski definition) is 3. The van der Waals surface area contributed by atoms with Crippen molar-refractivity contribution >= 4 is 6.03 Å². The van der Waals surface area contributed by atoms with Crippen LogP contribution in [0.5, 0.6) is 5.88 Å². The molecule has 0 bridgehead atoms. The van der Waals surface area contributed by atoms with E-state index in [1.165, 1.54) is 17.8 Å². The molecule has 1 fully saturated rings. The highest BCUT2D eigenvalue weighted by Gasteiger charge is 2.51. The number of alkyl halides is 2. The smallest absolute Gasteiger partial charge is 0.388 e. The van der Waals surface area contributed by atoms with Gasteiger partial charge < -0.3 is 15.4 Å². The normalized spacial score (nSPS) is 21.7. The Balaban J connectivity index is 1.51. The van der Waals surface area contributed by atoms with Gasteiger partial charge in [0, 0.05) is 30.3 Å². The van der Waals surface area contributed by atoms with Crippen LogP contribution in [0, 0.1) is 0 Å². The molecule has 0 aliphatic heterocycles. The summed E-state index contributed by atoms with van der Waals surface area (Å²) in [5.74, 6) is 0.124. The van der Waals surface area contributed by atoms with E-state index in [-0.39, 0.29) is 24.0 Å². The second kappa shape index (κ2) is 7.04. The molecule has 0 radical (unpaired) electrons. The molecule has 1 saturated carbocycles. The minimum Gasteiger partial charge on any atom is -0.417 e. The lowest BCUT2D eigenvalue weighted by Crippen LogP contribution is -2.42. The predicted octanol–water partition coefficient (Wildman–Crippen LogP) is 3.43. The Hall–Kier alpha value is -2.70. The van der Waals surface area contributed by atoms with Gasteiger partial charge in [0.1, 0.15) is 0 Å². The summed E-state index contributed by atoms with van der Waals surface area (Å²) >= 11 is 0. The highest BCUT2D eigenvalue weighted by atomic mass is 19.3. The Morgan fingerprint density at radius 1 is 1.36 bits per heavy atom. The average molecular weight is 347 g/mol. The summed E-state index contributed by atoms with van der Waals surface area (Å²) in [6.45, 7) is -0.727. The first-order valence-corrected chi connectivity index (χ1v) is 7.97. The highest BCUT2D eigenvalue weighted by molar-refractivity contribution is 5.75. The molecular formula is C18H19F2N3O2. The van der Waals surface area contributed by atoms with Crippen LogP contribution in [0.25, 0.3) is 0 Å². The van der Waals surface area contributed by atoms with Crippen LogP contribution in [-0.2, 0) is 6.54 Å². The van der Waals surface area contributed by atoms with Crippen LogP contribution in [0.1, 0.15) is 30.4 Å². The second-order valence-corrected chi connectivity index (χ2v) is 6.27. The maximum absolute atomic E-state index is 12.2. The molecule has 1 aromatic carbocycles. The van der Waals surface area contributed by atoms with Gasteiger partial charge in [0.25, 0.3) is 0 Å². The molecule has 0 spiro atoms. The number of pyridine rings is 1. The molecule has 2 aromatic rings. The van der Waals surface area contributed by atoms with E-state index >= 15 is 0 Å². The van der Waals surface area contributed by atoms with Crippen molar-refractivity contribution in [3.05, 3.63) is 59.8 Å². The van der Waals surface area contributed by atoms with Gasteiger partial charge in [-0.1, -0.05) is 30.3 Å². The molecule has 1 heterocycles. The van der Waals surface area contributed by atoms with Crippen LogP contribution in [0.4, 0.5) is 13.6 Å². The fraction of sp³-hybridized carbons (Fsp3) is 0.333. The maximum atomic E-state index is 12.2. The number of benzene rings is 1. The summed E-state index contributed by atoms with van der Waals surface area (Å²) in [5, 5.41) is 5.71. The third kappa shape index (κ3) is 4.43. The van der Waals surface area contributed by atoms with Gasteiger partial charge in [0.05, 0.1) is 0 Å². The quantitative estimate of drug-likeness (QED) is 0.841. The van der Waals surface area contributed by atoms with Crippen LogP contribution in [0.15, 0.2) is 48.7 Å². The van der Waals surface area contributed by atoms with Crippen LogP contribution in [0.2, 0.25) is 0 Å². The number of carbonyl (C=O) groups is 1. The van der Waals surface area contributed by atoms with Gasteiger partial charge in [-0.25, -0.2) is 9.78 Å². The van der Waals surface area contributed by atoms with Crippen molar-refractivity contribution in [3.63, 3.8) is 0 Å². The van der Waals surface area contributed by atoms with Gasteiger partial charge >= 0.3 is 12.6 Å². The van der Waals surface area contributed by atoms with E-state index in [4.69, 9.17) is 0 Å². The summed E-state index contributed by atoms with van der Waals surface area (Å²) in [7, 11) is 0. The van der Waals surface area contributed by atoms with Crippen LogP contribution >= 0.6 is 0 Å². The van der Waals surface area contributed by atoms with E-state index in [1.807, 2.05) is 25.1 Å². The zero-order chi connectivity index (χ0) is 17.9. The van der Waals surface area contributed by atoms with E-state index in [0.29, 0.717) is 11.5 Å². The lowest BCUT2D eigenvalue weighted by atomic mass is 10.1. The number of halogens is 2. The molecule has 2 atom stereocenters. The van der Waals surface area contributed by atoms with Crippen LogP contribution < -0.4 is 15.4 Å². The molecule has 25 heavy (non-hydrogen) atoms. The van der Waals surface area contributed by atoms with E-state index in [2.05, 4.69) is 32.5 Å². The highest BCUT2D eigenvalue weighted by Crippen LogP contribution is 2.50. The van der Waals surface area contributed by atoms with Crippen molar-refractivity contribution in [1.29, 1.82) is 0 Å². The number of nitrogens with one attached hydrogen (secondary N) is 2. The van der Waals surface area contributed by atoms with E-state index in [1.54, 1.807) is 6.07 Å². The lowest BCUT2D eigenvalue weighted by Gasteiger charge is -2.15. The minimum atomic E-state index is -2.93. The van der Waals surface area contributed by atoms with Crippen molar-refractivity contribution in [1.82, 2.24) is 15.6 Å². The summed E-state index contributed by atoms with van der Waals surface area (Å²) in [6, 6.07) is 12.7. The zero-order valence-electron chi connectivity index (χ0n) is 13.7. The van der Waals surface area contributed by atoms with E-state index in [9.17, 15) is 13.6 Å². The number of aromatic nitrogens is 1. The fourth-order valence-corrected chi connectivity index (χ4v) is 2.88. The van der Waals surface area contributed by atoms with Crippen molar-refractivity contribution < 1.29 is 18.3 Å². The fourth-order valence-electron chi connectivity index (χ4n) is 2.88. The third-order valence-electron chi connectivity index (χ3n) is 4.30. The molecule has 0 saturated heterocycles. The minimum absolute atomic E-state index is 0.173. The summed E-state index contributed by atoms with van der Waals surface area (Å²) < 4.78 is 28.6.